The number of nitrogens with zero attached hydrogens (tertiary/aromatic N) is 2. The summed E-state index contributed by atoms with van der Waals surface area (Å²) in [5, 5.41) is 0. The molecule has 1 amide bonds. The first-order valence-corrected chi connectivity index (χ1v) is 10.7. The highest BCUT2D eigenvalue weighted by molar-refractivity contribution is 5.67. The van der Waals surface area contributed by atoms with Crippen LogP contribution in [-0.2, 0) is 11.3 Å². The maximum Gasteiger partial charge on any atom is 0.410 e. The number of amides is 1. The molecule has 0 unspecified atom stereocenters. The maximum atomic E-state index is 12.5. The van der Waals surface area contributed by atoms with Crippen LogP contribution >= 0.6 is 0 Å². The fourth-order valence-electron chi connectivity index (χ4n) is 4.61. The van der Waals surface area contributed by atoms with Crippen LogP contribution in [0.25, 0.3) is 0 Å². The molecule has 0 heterocycles. The average molecular weight is 373 g/mol. The zero-order valence-electron chi connectivity index (χ0n) is 17.3. The lowest BCUT2D eigenvalue weighted by Gasteiger charge is -2.35. The van der Waals surface area contributed by atoms with Crippen molar-refractivity contribution >= 4 is 6.09 Å². The molecular formula is C23H36N2O2. The minimum absolute atomic E-state index is 0.113. The second-order valence-corrected chi connectivity index (χ2v) is 8.74. The third kappa shape index (κ3) is 5.71. The van der Waals surface area contributed by atoms with E-state index in [0.717, 1.165) is 45.1 Å². The lowest BCUT2D eigenvalue weighted by Crippen LogP contribution is -2.41. The van der Waals surface area contributed by atoms with Gasteiger partial charge in [-0.1, -0.05) is 30.7 Å². The number of rotatable bonds is 5. The van der Waals surface area contributed by atoms with E-state index >= 15 is 0 Å². The number of carbonyl (C=O) groups is 1. The Bertz CT molecular complexity index is 585. The van der Waals surface area contributed by atoms with Gasteiger partial charge in [0, 0.05) is 19.6 Å². The van der Waals surface area contributed by atoms with E-state index in [4.69, 9.17) is 4.74 Å². The molecule has 150 valence electrons. The van der Waals surface area contributed by atoms with Crippen molar-refractivity contribution in [2.24, 2.45) is 0 Å². The average Bonchev–Trinajstić information content (AvgIpc) is 2.68. The van der Waals surface area contributed by atoms with Crippen LogP contribution in [0.5, 0.6) is 0 Å². The van der Waals surface area contributed by atoms with Crippen molar-refractivity contribution in [1.29, 1.82) is 0 Å². The van der Waals surface area contributed by atoms with E-state index in [1.54, 1.807) is 0 Å². The molecule has 27 heavy (non-hydrogen) atoms. The van der Waals surface area contributed by atoms with E-state index in [-0.39, 0.29) is 12.2 Å². The lowest BCUT2D eigenvalue weighted by molar-refractivity contribution is 0.0378. The Kier molecular flexibility index (Phi) is 7.17. The fraction of sp³-hybridized carbons (Fsp3) is 0.696. The van der Waals surface area contributed by atoms with Crippen LogP contribution in [-0.4, -0.2) is 49.2 Å². The van der Waals surface area contributed by atoms with Crippen molar-refractivity contribution < 1.29 is 9.53 Å². The van der Waals surface area contributed by atoms with E-state index in [0.29, 0.717) is 12.0 Å². The van der Waals surface area contributed by atoms with Gasteiger partial charge in [-0.25, -0.2) is 4.79 Å². The Balaban J connectivity index is 1.46. The highest BCUT2D eigenvalue weighted by atomic mass is 16.6. The number of carbonyl (C=O) groups excluding carboxylic acids is 1. The van der Waals surface area contributed by atoms with Gasteiger partial charge in [0.15, 0.2) is 0 Å². The Morgan fingerprint density at radius 3 is 2.15 bits per heavy atom. The maximum absolute atomic E-state index is 12.5. The Morgan fingerprint density at radius 2 is 1.56 bits per heavy atom. The minimum Gasteiger partial charge on any atom is -0.446 e. The van der Waals surface area contributed by atoms with Crippen molar-refractivity contribution in [3.63, 3.8) is 0 Å². The van der Waals surface area contributed by atoms with Gasteiger partial charge in [0.2, 0.25) is 0 Å². The van der Waals surface area contributed by atoms with E-state index in [9.17, 15) is 4.79 Å². The molecule has 0 atom stereocenters. The highest BCUT2D eigenvalue weighted by Gasteiger charge is 2.29. The molecule has 2 saturated carbocycles. The smallest absolute Gasteiger partial charge is 0.410 e. The van der Waals surface area contributed by atoms with E-state index in [1.807, 2.05) is 11.9 Å². The highest BCUT2D eigenvalue weighted by Crippen LogP contribution is 2.35. The van der Waals surface area contributed by atoms with Crippen LogP contribution in [0.1, 0.15) is 74.8 Å². The van der Waals surface area contributed by atoms with Crippen molar-refractivity contribution in [2.45, 2.75) is 82.4 Å². The topological polar surface area (TPSA) is 32.8 Å². The molecule has 0 saturated heterocycles. The molecule has 0 N–H and O–H groups in total. The Morgan fingerprint density at radius 1 is 0.926 bits per heavy atom. The van der Waals surface area contributed by atoms with Crippen molar-refractivity contribution in [2.75, 3.05) is 21.1 Å². The van der Waals surface area contributed by atoms with Gasteiger partial charge in [-0.3, -0.25) is 0 Å². The summed E-state index contributed by atoms with van der Waals surface area (Å²) in [6, 6.07) is 9.44. The number of ether oxygens (including phenoxy) is 1. The first-order valence-electron chi connectivity index (χ1n) is 10.7. The van der Waals surface area contributed by atoms with Gasteiger partial charge >= 0.3 is 6.09 Å². The number of benzene rings is 1. The Hall–Kier alpha value is -1.55. The SMILES string of the molecule is CN(C)Cc1ccc(C2CCC(N(C)C(=O)OC3CCCCC3)CC2)cc1. The minimum atomic E-state index is -0.113. The van der Waals surface area contributed by atoms with Gasteiger partial charge < -0.3 is 14.5 Å². The molecule has 0 spiro atoms. The molecular weight excluding hydrogens is 336 g/mol. The molecule has 0 aliphatic heterocycles. The summed E-state index contributed by atoms with van der Waals surface area (Å²) in [7, 11) is 6.13. The van der Waals surface area contributed by atoms with E-state index in [1.165, 1.54) is 30.4 Å². The largest absolute Gasteiger partial charge is 0.446 e. The molecule has 1 aromatic carbocycles. The normalized spacial score (nSPS) is 24.0. The zero-order chi connectivity index (χ0) is 19.2. The molecule has 4 heteroatoms. The van der Waals surface area contributed by atoms with E-state index in [2.05, 4.69) is 43.3 Å². The summed E-state index contributed by atoms with van der Waals surface area (Å²) in [5.41, 5.74) is 2.81. The van der Waals surface area contributed by atoms with Gasteiger partial charge in [-0.05, 0) is 82.5 Å². The van der Waals surface area contributed by atoms with Crippen LogP contribution in [0.2, 0.25) is 0 Å². The molecule has 2 aliphatic rings. The van der Waals surface area contributed by atoms with Crippen molar-refractivity contribution in [1.82, 2.24) is 9.80 Å². The van der Waals surface area contributed by atoms with Crippen LogP contribution in [0.15, 0.2) is 24.3 Å². The predicted octanol–water partition coefficient (Wildman–Crippen LogP) is 5.18. The monoisotopic (exact) mass is 372 g/mol. The summed E-state index contributed by atoms with van der Waals surface area (Å²) in [5.74, 6) is 0.623. The fourth-order valence-corrected chi connectivity index (χ4v) is 4.61. The van der Waals surface area contributed by atoms with Crippen LogP contribution in [0.4, 0.5) is 4.79 Å². The number of hydrogen-bond donors (Lipinski definition) is 0. The Labute approximate surface area is 164 Å². The standard InChI is InChI=1S/C23H36N2O2/c1-24(2)17-18-9-11-19(12-10-18)20-13-15-21(16-14-20)25(3)23(26)27-22-7-5-4-6-8-22/h9-12,20-22H,4-8,13-17H2,1-3H3. The molecule has 0 radical (unpaired) electrons. The summed E-state index contributed by atoms with van der Waals surface area (Å²) in [4.78, 5) is 16.6. The molecule has 0 bridgehead atoms. The zero-order valence-corrected chi connectivity index (χ0v) is 17.3. The molecule has 2 fully saturated rings. The molecule has 2 aliphatic carbocycles. The third-order valence-electron chi connectivity index (χ3n) is 6.30. The lowest BCUT2D eigenvalue weighted by atomic mass is 9.81. The molecule has 3 rings (SSSR count). The summed E-state index contributed by atoms with van der Waals surface area (Å²) < 4.78 is 5.75. The second kappa shape index (κ2) is 9.59. The van der Waals surface area contributed by atoms with Gasteiger partial charge in [0.1, 0.15) is 6.10 Å². The quantitative estimate of drug-likeness (QED) is 0.714. The number of hydrogen-bond acceptors (Lipinski definition) is 3. The molecule has 1 aromatic rings. The van der Waals surface area contributed by atoms with Gasteiger partial charge in [-0.15, -0.1) is 0 Å². The summed E-state index contributed by atoms with van der Waals surface area (Å²) in [6.07, 6.45) is 10.2. The summed E-state index contributed by atoms with van der Waals surface area (Å²) >= 11 is 0. The molecule has 0 aromatic heterocycles. The van der Waals surface area contributed by atoms with Crippen LogP contribution in [0, 0.1) is 0 Å². The first-order chi connectivity index (χ1) is 13.0. The van der Waals surface area contributed by atoms with E-state index < -0.39 is 0 Å². The van der Waals surface area contributed by atoms with Crippen LogP contribution in [0.3, 0.4) is 0 Å². The van der Waals surface area contributed by atoms with Gasteiger partial charge in [0.25, 0.3) is 0 Å². The predicted molar refractivity (Wildman–Crippen MR) is 110 cm³/mol. The molecule has 4 nitrogen and oxygen atoms in total. The van der Waals surface area contributed by atoms with Crippen molar-refractivity contribution in [3.05, 3.63) is 35.4 Å². The van der Waals surface area contributed by atoms with Gasteiger partial charge in [-0.2, -0.15) is 0 Å². The first kappa shape index (κ1) is 20.2. The van der Waals surface area contributed by atoms with Crippen LogP contribution < -0.4 is 0 Å². The van der Waals surface area contributed by atoms with Crippen molar-refractivity contribution in [3.8, 4) is 0 Å². The summed E-state index contributed by atoms with van der Waals surface area (Å²) in [6.45, 7) is 0.987. The van der Waals surface area contributed by atoms with Gasteiger partial charge in [0.05, 0.1) is 0 Å². The second-order valence-electron chi connectivity index (χ2n) is 8.74. The third-order valence-corrected chi connectivity index (χ3v) is 6.30.